The number of hydrogen-bond donors (Lipinski definition) is 1. The summed E-state index contributed by atoms with van der Waals surface area (Å²) >= 11 is 0. The Balaban J connectivity index is 2.23. The Hall–Kier alpha value is -1.91. The Morgan fingerprint density at radius 1 is 1.36 bits per heavy atom. The average Bonchev–Trinajstić information content (AvgIpc) is 2.52. The normalized spacial score (nSPS) is 10.4. The van der Waals surface area contributed by atoms with Gasteiger partial charge in [0, 0.05) is 12.1 Å². The minimum absolute atomic E-state index is 0.640. The van der Waals surface area contributed by atoms with Crippen molar-refractivity contribution in [3.8, 4) is 0 Å². The molecule has 0 amide bonds. The van der Waals surface area contributed by atoms with Crippen LogP contribution in [-0.4, -0.2) is 9.78 Å². The van der Waals surface area contributed by atoms with Crippen molar-refractivity contribution in [1.29, 1.82) is 0 Å². The van der Waals surface area contributed by atoms with Crippen LogP contribution in [0, 0.1) is 0 Å². The average molecular weight is 191 g/mol. The number of pyridine rings is 1. The highest BCUT2D eigenvalue weighted by atomic mass is 15.4. The van der Waals surface area contributed by atoms with Crippen molar-refractivity contribution >= 4 is 5.95 Å². The lowest BCUT2D eigenvalue weighted by Gasteiger charge is -1.94. The van der Waals surface area contributed by atoms with Crippen LogP contribution in [0.1, 0.15) is 0 Å². The zero-order valence-electron chi connectivity index (χ0n) is 8.04. The summed E-state index contributed by atoms with van der Waals surface area (Å²) in [5, 5.41) is 4.05. The van der Waals surface area contributed by atoms with Crippen LogP contribution < -0.4 is 14.9 Å². The van der Waals surface area contributed by atoms with Crippen LogP contribution in [0.4, 0.5) is 5.95 Å². The molecule has 5 heteroatoms. The second-order valence-electron chi connectivity index (χ2n) is 3.11. The minimum atomic E-state index is 0.640. The molecule has 2 aromatic heterocycles. The van der Waals surface area contributed by atoms with Gasteiger partial charge in [-0.2, -0.15) is 9.13 Å². The quantitative estimate of drug-likeness (QED) is 0.624. The van der Waals surface area contributed by atoms with Gasteiger partial charge in [-0.15, -0.1) is 4.68 Å². The SMILES string of the molecule is Cn1nc[n+](C[n+]2ccccc2)c1N. The Morgan fingerprint density at radius 3 is 2.64 bits per heavy atom. The molecule has 0 fully saturated rings. The number of hydrogen-bond acceptors (Lipinski definition) is 2. The van der Waals surface area contributed by atoms with E-state index in [9.17, 15) is 0 Å². The van der Waals surface area contributed by atoms with Crippen LogP contribution >= 0.6 is 0 Å². The highest BCUT2D eigenvalue weighted by molar-refractivity contribution is 5.02. The van der Waals surface area contributed by atoms with E-state index < -0.39 is 0 Å². The van der Waals surface area contributed by atoms with E-state index in [-0.39, 0.29) is 0 Å². The van der Waals surface area contributed by atoms with Gasteiger partial charge >= 0.3 is 5.95 Å². The molecule has 2 aromatic rings. The summed E-state index contributed by atoms with van der Waals surface area (Å²) in [5.41, 5.74) is 5.80. The molecule has 0 aliphatic heterocycles. The van der Waals surface area contributed by atoms with Gasteiger partial charge in [0.05, 0.1) is 7.05 Å². The van der Waals surface area contributed by atoms with Crippen molar-refractivity contribution in [3.63, 3.8) is 0 Å². The molecule has 0 radical (unpaired) electrons. The molecule has 0 saturated carbocycles. The Morgan fingerprint density at radius 2 is 2.07 bits per heavy atom. The molecule has 2 N–H and O–H groups in total. The van der Waals surface area contributed by atoms with E-state index in [0.29, 0.717) is 12.6 Å². The van der Waals surface area contributed by atoms with Gasteiger partial charge in [0.25, 0.3) is 6.67 Å². The van der Waals surface area contributed by atoms with Crippen LogP contribution in [0.3, 0.4) is 0 Å². The van der Waals surface area contributed by atoms with E-state index in [4.69, 9.17) is 5.73 Å². The molecule has 0 bridgehead atoms. The number of anilines is 1. The number of nitrogens with zero attached hydrogens (tertiary/aromatic N) is 4. The monoisotopic (exact) mass is 191 g/mol. The van der Waals surface area contributed by atoms with Crippen LogP contribution in [0.5, 0.6) is 0 Å². The summed E-state index contributed by atoms with van der Waals surface area (Å²) in [7, 11) is 1.82. The van der Waals surface area contributed by atoms with Gasteiger partial charge in [0.1, 0.15) is 0 Å². The summed E-state index contributed by atoms with van der Waals surface area (Å²) in [4.78, 5) is 0. The molecule has 2 rings (SSSR count). The van der Waals surface area contributed by atoms with Crippen LogP contribution in [-0.2, 0) is 13.7 Å². The summed E-state index contributed by atoms with van der Waals surface area (Å²) < 4.78 is 5.54. The first-order chi connectivity index (χ1) is 6.77. The first-order valence-corrected chi connectivity index (χ1v) is 4.38. The number of aryl methyl sites for hydroxylation is 1. The fourth-order valence-electron chi connectivity index (χ4n) is 1.26. The molecule has 14 heavy (non-hydrogen) atoms. The Bertz CT molecular complexity index is 420. The molecule has 0 aromatic carbocycles. The second-order valence-corrected chi connectivity index (χ2v) is 3.11. The third kappa shape index (κ3) is 1.56. The van der Waals surface area contributed by atoms with Crippen LogP contribution in [0.2, 0.25) is 0 Å². The molecule has 0 spiro atoms. The maximum atomic E-state index is 5.80. The zero-order chi connectivity index (χ0) is 9.97. The summed E-state index contributed by atoms with van der Waals surface area (Å²) in [6.45, 7) is 0.681. The summed E-state index contributed by atoms with van der Waals surface area (Å²) in [5.74, 6) is 0.640. The molecule has 0 aliphatic rings. The van der Waals surface area contributed by atoms with Crippen molar-refractivity contribution in [3.05, 3.63) is 36.9 Å². The van der Waals surface area contributed by atoms with E-state index in [2.05, 4.69) is 5.10 Å². The molecule has 5 nitrogen and oxygen atoms in total. The maximum Gasteiger partial charge on any atom is 0.346 e. The standard InChI is InChI=1S/C9H12N5/c1-12-9(10)14(7-11-12)8-13-5-3-2-4-6-13/h2-7,10H,8H2,1H3/q+1/p+1. The van der Waals surface area contributed by atoms with Gasteiger partial charge in [0.2, 0.25) is 6.33 Å². The van der Waals surface area contributed by atoms with Gasteiger partial charge in [-0.1, -0.05) is 6.07 Å². The van der Waals surface area contributed by atoms with Crippen LogP contribution in [0.15, 0.2) is 36.9 Å². The molecular weight excluding hydrogens is 178 g/mol. The van der Waals surface area contributed by atoms with Gasteiger partial charge in [0.15, 0.2) is 12.4 Å². The Labute approximate surface area is 82.0 Å². The molecule has 0 unspecified atom stereocenters. The van der Waals surface area contributed by atoms with Crippen molar-refractivity contribution in [2.75, 3.05) is 5.73 Å². The molecule has 72 valence electrons. The third-order valence-electron chi connectivity index (χ3n) is 2.08. The van der Waals surface area contributed by atoms with Gasteiger partial charge < -0.3 is 5.73 Å². The molecule has 0 saturated heterocycles. The topological polar surface area (TPSA) is 51.6 Å². The number of aromatic nitrogens is 4. The summed E-state index contributed by atoms with van der Waals surface area (Å²) in [6, 6.07) is 5.94. The fraction of sp³-hybridized carbons (Fsp3) is 0.222. The molecule has 0 atom stereocenters. The molecule has 0 aliphatic carbocycles. The largest absolute Gasteiger partial charge is 0.346 e. The number of nitrogen functional groups attached to an aromatic ring is 1. The predicted molar refractivity (Wildman–Crippen MR) is 49.9 cm³/mol. The van der Waals surface area contributed by atoms with Gasteiger partial charge in [-0.25, -0.2) is 0 Å². The lowest BCUT2D eigenvalue weighted by atomic mass is 10.5. The number of nitrogens with two attached hydrogens (primary N) is 1. The van der Waals surface area contributed by atoms with E-state index in [1.54, 1.807) is 11.0 Å². The van der Waals surface area contributed by atoms with Crippen molar-refractivity contribution in [2.45, 2.75) is 6.67 Å². The van der Waals surface area contributed by atoms with Gasteiger partial charge in [-0.05, 0) is 5.10 Å². The zero-order valence-corrected chi connectivity index (χ0v) is 8.04. The lowest BCUT2D eigenvalue weighted by molar-refractivity contribution is -0.907. The first-order valence-electron chi connectivity index (χ1n) is 4.38. The summed E-state index contributed by atoms with van der Waals surface area (Å²) in [6.07, 6.45) is 5.69. The first kappa shape index (κ1) is 8.68. The number of rotatable bonds is 2. The van der Waals surface area contributed by atoms with E-state index in [1.165, 1.54) is 0 Å². The van der Waals surface area contributed by atoms with E-state index >= 15 is 0 Å². The highest BCUT2D eigenvalue weighted by Gasteiger charge is 2.12. The Kier molecular flexibility index (Phi) is 2.14. The van der Waals surface area contributed by atoms with E-state index in [1.807, 2.05) is 46.8 Å². The highest BCUT2D eigenvalue weighted by Crippen LogP contribution is 1.85. The van der Waals surface area contributed by atoms with Gasteiger partial charge in [-0.3, -0.25) is 0 Å². The van der Waals surface area contributed by atoms with E-state index in [0.717, 1.165) is 0 Å². The van der Waals surface area contributed by atoms with Crippen molar-refractivity contribution in [1.82, 2.24) is 9.78 Å². The fourth-order valence-corrected chi connectivity index (χ4v) is 1.26. The van der Waals surface area contributed by atoms with Crippen LogP contribution in [0.25, 0.3) is 0 Å². The van der Waals surface area contributed by atoms with Crippen molar-refractivity contribution in [2.24, 2.45) is 7.05 Å². The lowest BCUT2D eigenvalue weighted by Crippen LogP contribution is -2.51. The maximum absolute atomic E-state index is 5.80. The minimum Gasteiger partial charge on any atom is -0.308 e. The molecule has 2 heterocycles. The second kappa shape index (κ2) is 3.45. The predicted octanol–water partition coefficient (Wildman–Crippen LogP) is -0.917. The third-order valence-corrected chi connectivity index (χ3v) is 2.08. The van der Waals surface area contributed by atoms with Crippen molar-refractivity contribution < 1.29 is 9.13 Å². The smallest absolute Gasteiger partial charge is 0.308 e. The molecular formula is C9H13N5+2.